The van der Waals surface area contributed by atoms with E-state index in [1.165, 1.54) is 83.5 Å². The Morgan fingerprint density at radius 1 is 0.577 bits per heavy atom. The Kier molecular flexibility index (Phi) is 34.2. The topological polar surface area (TPSA) is 108 Å². The molecule has 0 aromatic rings. The van der Waals surface area contributed by atoms with E-state index in [4.69, 9.17) is 18.5 Å². The van der Waals surface area contributed by atoms with E-state index >= 15 is 0 Å². The molecule has 0 spiro atoms. The second kappa shape index (κ2) is 35.2. The van der Waals surface area contributed by atoms with Gasteiger partial charge in [-0.2, -0.15) is 0 Å². The molecule has 0 rings (SSSR count). The summed E-state index contributed by atoms with van der Waals surface area (Å²) in [5, 5.41) is 0. The van der Waals surface area contributed by atoms with Crippen molar-refractivity contribution in [3.05, 3.63) is 24.3 Å². The summed E-state index contributed by atoms with van der Waals surface area (Å²) < 4.78 is 34.2. The molecule has 0 saturated heterocycles. The van der Waals surface area contributed by atoms with E-state index in [1.54, 1.807) is 0 Å². The summed E-state index contributed by atoms with van der Waals surface area (Å²) in [6.45, 7) is 4.38. The van der Waals surface area contributed by atoms with E-state index in [9.17, 15) is 19.0 Å². The summed E-state index contributed by atoms with van der Waals surface area (Å²) in [6, 6.07) is 0. The SMILES string of the molecule is CCCCCC/C=C/CCCCCCCCCC(=O)O[C@H](COC(=O)CCCCCCC/C=C/CCCCCC)COP(=O)(O)OCC[N+](C)(C)C. The number of esters is 2. The van der Waals surface area contributed by atoms with Crippen molar-refractivity contribution in [2.45, 2.75) is 187 Å². The van der Waals surface area contributed by atoms with Gasteiger partial charge in [0.05, 0.1) is 27.7 Å². The molecule has 0 aromatic heterocycles. The van der Waals surface area contributed by atoms with Crippen molar-refractivity contribution in [1.82, 2.24) is 0 Å². The number of nitrogens with zero attached hydrogens (tertiary/aromatic N) is 1. The van der Waals surface area contributed by atoms with Crippen LogP contribution >= 0.6 is 7.82 Å². The standard InChI is InChI=1S/C42H80NO8P/c1-6-8-10-12-14-16-18-20-21-23-25-27-29-31-33-35-42(45)51-40(39-50-52(46,47)49-37-36-43(3,4)5)38-48-41(44)34-32-30-28-26-24-22-19-17-15-13-11-9-7-2/h16-19,40H,6-15,20-39H2,1-5H3/p+1/b18-16+,19-17+/t40-/m1/s1. The van der Waals surface area contributed by atoms with Crippen LogP contribution in [0.25, 0.3) is 0 Å². The first-order chi connectivity index (χ1) is 25.0. The van der Waals surface area contributed by atoms with Crippen LogP contribution in [0.5, 0.6) is 0 Å². The van der Waals surface area contributed by atoms with Crippen LogP contribution in [-0.2, 0) is 32.7 Å². The molecular formula is C42H81NO8P+. The lowest BCUT2D eigenvalue weighted by molar-refractivity contribution is -0.870. The van der Waals surface area contributed by atoms with Crippen molar-refractivity contribution in [3.8, 4) is 0 Å². The monoisotopic (exact) mass is 759 g/mol. The van der Waals surface area contributed by atoms with Gasteiger partial charge < -0.3 is 18.9 Å². The molecular weight excluding hydrogens is 677 g/mol. The highest BCUT2D eigenvalue weighted by molar-refractivity contribution is 7.47. The van der Waals surface area contributed by atoms with Crippen molar-refractivity contribution >= 4 is 19.8 Å². The van der Waals surface area contributed by atoms with Crippen LogP contribution in [0.15, 0.2) is 24.3 Å². The average Bonchev–Trinajstić information content (AvgIpc) is 3.09. The summed E-state index contributed by atoms with van der Waals surface area (Å²) in [7, 11) is 1.47. The van der Waals surface area contributed by atoms with Gasteiger partial charge in [0.1, 0.15) is 19.8 Å². The van der Waals surface area contributed by atoms with Crippen LogP contribution in [0, 0.1) is 0 Å². The van der Waals surface area contributed by atoms with E-state index in [0.29, 0.717) is 17.4 Å². The van der Waals surface area contributed by atoms with Crippen molar-refractivity contribution in [2.24, 2.45) is 0 Å². The van der Waals surface area contributed by atoms with E-state index in [-0.39, 0.29) is 32.0 Å². The maximum Gasteiger partial charge on any atom is 0.472 e. The first-order valence-electron chi connectivity index (χ1n) is 21.1. The first kappa shape index (κ1) is 50.5. The molecule has 0 amide bonds. The van der Waals surface area contributed by atoms with Crippen LogP contribution in [-0.4, -0.2) is 74.9 Å². The second-order valence-electron chi connectivity index (χ2n) is 15.4. The number of unbranched alkanes of at least 4 members (excludes halogenated alkanes) is 20. The minimum atomic E-state index is -4.37. The smallest absolute Gasteiger partial charge is 0.462 e. The number of likely N-dealkylation sites (N-methyl/N-ethyl adjacent to an activating group) is 1. The van der Waals surface area contributed by atoms with E-state index in [0.717, 1.165) is 64.2 Å². The quantitative estimate of drug-likeness (QED) is 0.0218. The van der Waals surface area contributed by atoms with Gasteiger partial charge in [-0.1, -0.05) is 128 Å². The number of quaternary nitrogens is 1. The van der Waals surface area contributed by atoms with Gasteiger partial charge in [-0.15, -0.1) is 0 Å². The molecule has 0 fully saturated rings. The highest BCUT2D eigenvalue weighted by Crippen LogP contribution is 2.43. The Labute approximate surface area is 319 Å². The molecule has 0 saturated carbocycles. The number of rotatable bonds is 38. The summed E-state index contributed by atoms with van der Waals surface area (Å²) >= 11 is 0. The predicted molar refractivity (Wildman–Crippen MR) is 215 cm³/mol. The van der Waals surface area contributed by atoms with Gasteiger partial charge in [-0.05, 0) is 64.2 Å². The Hall–Kier alpha value is -1.51. The summed E-state index contributed by atoms with van der Waals surface area (Å²) in [5.74, 6) is -0.812. The maximum absolute atomic E-state index is 12.7. The van der Waals surface area contributed by atoms with Gasteiger partial charge in [0.15, 0.2) is 6.10 Å². The Morgan fingerprint density at radius 3 is 1.42 bits per heavy atom. The number of phosphoric ester groups is 1. The number of carbonyl (C=O) groups excluding carboxylic acids is 2. The molecule has 9 nitrogen and oxygen atoms in total. The Morgan fingerprint density at radius 2 is 0.981 bits per heavy atom. The zero-order chi connectivity index (χ0) is 38.6. The lowest BCUT2D eigenvalue weighted by Crippen LogP contribution is -2.37. The number of hydrogen-bond donors (Lipinski definition) is 1. The van der Waals surface area contributed by atoms with E-state index in [2.05, 4.69) is 38.2 Å². The Bertz CT molecular complexity index is 949. The number of hydrogen-bond acceptors (Lipinski definition) is 7. The van der Waals surface area contributed by atoms with Crippen LogP contribution < -0.4 is 0 Å². The van der Waals surface area contributed by atoms with Crippen LogP contribution in [0.2, 0.25) is 0 Å². The zero-order valence-electron chi connectivity index (χ0n) is 34.3. The minimum absolute atomic E-state index is 0.0305. The van der Waals surface area contributed by atoms with Gasteiger partial charge in [-0.3, -0.25) is 18.6 Å². The molecule has 52 heavy (non-hydrogen) atoms. The van der Waals surface area contributed by atoms with E-state index < -0.39 is 26.5 Å². The molecule has 2 atom stereocenters. The third-order valence-corrected chi connectivity index (χ3v) is 9.94. The van der Waals surface area contributed by atoms with Crippen molar-refractivity contribution in [1.29, 1.82) is 0 Å². The molecule has 1 N–H and O–H groups in total. The first-order valence-corrected chi connectivity index (χ1v) is 22.6. The number of phosphoric acid groups is 1. The minimum Gasteiger partial charge on any atom is -0.462 e. The highest BCUT2D eigenvalue weighted by Gasteiger charge is 2.27. The molecule has 0 aliphatic heterocycles. The normalized spacial score (nSPS) is 13.9. The fraction of sp³-hybridized carbons (Fsp3) is 0.857. The zero-order valence-corrected chi connectivity index (χ0v) is 35.2. The van der Waals surface area contributed by atoms with Gasteiger partial charge >= 0.3 is 19.8 Å². The van der Waals surface area contributed by atoms with Gasteiger partial charge in [0.2, 0.25) is 0 Å². The molecule has 306 valence electrons. The van der Waals surface area contributed by atoms with Crippen molar-refractivity contribution < 1.29 is 42.1 Å². The average molecular weight is 759 g/mol. The molecule has 10 heteroatoms. The number of allylic oxidation sites excluding steroid dienone is 4. The lowest BCUT2D eigenvalue weighted by atomic mass is 10.1. The Balaban J connectivity index is 4.40. The van der Waals surface area contributed by atoms with Gasteiger partial charge in [0, 0.05) is 12.8 Å². The predicted octanol–water partition coefficient (Wildman–Crippen LogP) is 11.6. The fourth-order valence-electron chi connectivity index (χ4n) is 5.59. The van der Waals surface area contributed by atoms with Gasteiger partial charge in [-0.25, -0.2) is 4.57 Å². The number of carbonyl (C=O) groups is 2. The van der Waals surface area contributed by atoms with Gasteiger partial charge in [0.25, 0.3) is 0 Å². The molecule has 0 radical (unpaired) electrons. The third kappa shape index (κ3) is 38.2. The third-order valence-electron chi connectivity index (χ3n) is 8.95. The second-order valence-corrected chi connectivity index (χ2v) is 16.8. The fourth-order valence-corrected chi connectivity index (χ4v) is 6.33. The maximum atomic E-state index is 12.7. The van der Waals surface area contributed by atoms with Crippen LogP contribution in [0.4, 0.5) is 0 Å². The van der Waals surface area contributed by atoms with Crippen molar-refractivity contribution in [2.75, 3.05) is 47.5 Å². The largest absolute Gasteiger partial charge is 0.472 e. The molecule has 0 aromatic carbocycles. The molecule has 0 aliphatic rings. The molecule has 0 aliphatic carbocycles. The molecule has 1 unspecified atom stereocenters. The number of ether oxygens (including phenoxy) is 2. The van der Waals surface area contributed by atoms with E-state index in [1.807, 2.05) is 21.1 Å². The van der Waals surface area contributed by atoms with Crippen LogP contribution in [0.1, 0.15) is 181 Å². The summed E-state index contributed by atoms with van der Waals surface area (Å²) in [4.78, 5) is 35.3. The summed E-state index contributed by atoms with van der Waals surface area (Å²) in [5.41, 5.74) is 0. The van der Waals surface area contributed by atoms with Crippen LogP contribution in [0.3, 0.4) is 0 Å². The molecule has 0 bridgehead atoms. The molecule has 0 heterocycles. The van der Waals surface area contributed by atoms with Crippen molar-refractivity contribution in [3.63, 3.8) is 0 Å². The summed E-state index contributed by atoms with van der Waals surface area (Å²) in [6.07, 6.45) is 36.4. The lowest BCUT2D eigenvalue weighted by Gasteiger charge is -2.24. The highest BCUT2D eigenvalue weighted by atomic mass is 31.2.